The maximum atomic E-state index is 2.32. The van der Waals surface area contributed by atoms with Gasteiger partial charge in [0.15, 0.2) is 0 Å². The predicted octanol–water partition coefficient (Wildman–Crippen LogP) is 4.30. The first kappa shape index (κ1) is 15.4. The largest absolute Gasteiger partial charge is 0.162 e. The molecule has 0 aliphatic carbocycles. The Morgan fingerprint density at radius 3 is 1.88 bits per heavy atom. The van der Waals surface area contributed by atoms with E-state index in [2.05, 4.69) is 67.7 Å². The average Bonchev–Trinajstić information content (AvgIpc) is 2.38. The molecule has 3 heteroatoms. The Morgan fingerprint density at radius 1 is 0.882 bits per heavy atom. The second-order valence-electron chi connectivity index (χ2n) is 3.72. The first-order valence-electron chi connectivity index (χ1n) is 6.34. The minimum atomic E-state index is 0.0794. The Morgan fingerprint density at radius 2 is 1.41 bits per heavy atom. The summed E-state index contributed by atoms with van der Waals surface area (Å²) >= 11 is 4.16. The van der Waals surface area contributed by atoms with Gasteiger partial charge >= 0.3 is 0 Å². The molecule has 0 radical (unpaired) electrons. The number of hydrogen-bond acceptors (Lipinski definition) is 2. The van der Waals surface area contributed by atoms with Crippen LogP contribution in [0.3, 0.4) is 0 Å². The lowest BCUT2D eigenvalue weighted by atomic mass is 10.4. The van der Waals surface area contributed by atoms with Crippen molar-refractivity contribution >= 4 is 36.7 Å². The molecule has 0 aromatic heterocycles. The second-order valence-corrected chi connectivity index (χ2v) is 8.99. The van der Waals surface area contributed by atoms with Crippen molar-refractivity contribution in [3.63, 3.8) is 0 Å². The van der Waals surface area contributed by atoms with E-state index in [4.69, 9.17) is 0 Å². The molecule has 17 heavy (non-hydrogen) atoms. The molecule has 0 amide bonds. The molecular weight excluding hydrogens is 263 g/mol. The molecule has 0 aliphatic rings. The molecule has 0 heterocycles. The summed E-state index contributed by atoms with van der Waals surface area (Å²) in [5.74, 6) is 5.16. The average molecular weight is 286 g/mol. The minimum absolute atomic E-state index is 0.0794. The molecule has 0 bridgehead atoms. The molecule has 0 atom stereocenters. The third kappa shape index (κ3) is 6.74. The Kier molecular flexibility index (Phi) is 9.33. The van der Waals surface area contributed by atoms with Crippen molar-refractivity contribution < 1.29 is 0 Å². The van der Waals surface area contributed by atoms with Crippen LogP contribution in [0.1, 0.15) is 13.8 Å². The third-order valence-corrected chi connectivity index (χ3v) is 7.50. The van der Waals surface area contributed by atoms with Crippen LogP contribution in [-0.4, -0.2) is 35.3 Å². The van der Waals surface area contributed by atoms with E-state index in [1.165, 1.54) is 35.3 Å². The lowest BCUT2D eigenvalue weighted by Crippen LogP contribution is -2.08. The van der Waals surface area contributed by atoms with Crippen molar-refractivity contribution in [1.82, 2.24) is 0 Å². The number of benzene rings is 1. The van der Waals surface area contributed by atoms with Crippen LogP contribution in [-0.2, 0) is 0 Å². The molecule has 0 unspecified atom stereocenters. The molecule has 0 saturated carbocycles. The fraction of sp³-hybridized carbons (Fsp3) is 0.571. The van der Waals surface area contributed by atoms with E-state index in [0.717, 1.165) is 0 Å². The van der Waals surface area contributed by atoms with E-state index in [-0.39, 0.29) is 7.92 Å². The summed E-state index contributed by atoms with van der Waals surface area (Å²) in [5.41, 5.74) is 0. The smallest absolute Gasteiger partial charge is 0.00252 e. The standard InChI is InChI=1S/C14H23PS2/c1-3-16-12-10-15(11-13-17-4-2)14-8-6-5-7-9-14/h5-9H,3-4,10-13H2,1-2H3. The highest BCUT2D eigenvalue weighted by molar-refractivity contribution is 8.00. The van der Waals surface area contributed by atoms with Gasteiger partial charge in [-0.1, -0.05) is 52.1 Å². The summed E-state index contributed by atoms with van der Waals surface area (Å²) in [7, 11) is 0.0794. The maximum Gasteiger partial charge on any atom is -0.00252 e. The normalized spacial score (nSPS) is 11.0. The number of thioether (sulfide) groups is 2. The highest BCUT2D eigenvalue weighted by Crippen LogP contribution is 2.35. The summed E-state index contributed by atoms with van der Waals surface area (Å²) in [5, 5.41) is 1.59. The van der Waals surface area contributed by atoms with Gasteiger partial charge in [-0.15, -0.1) is 0 Å². The van der Waals surface area contributed by atoms with E-state index >= 15 is 0 Å². The quantitative estimate of drug-likeness (QED) is 0.490. The van der Waals surface area contributed by atoms with E-state index in [9.17, 15) is 0 Å². The molecule has 0 nitrogen and oxygen atoms in total. The van der Waals surface area contributed by atoms with Gasteiger partial charge in [0.25, 0.3) is 0 Å². The summed E-state index contributed by atoms with van der Waals surface area (Å²) in [6.45, 7) is 4.50. The van der Waals surface area contributed by atoms with Gasteiger partial charge in [0, 0.05) is 0 Å². The predicted molar refractivity (Wildman–Crippen MR) is 88.7 cm³/mol. The summed E-state index contributed by atoms with van der Waals surface area (Å²) < 4.78 is 0. The van der Waals surface area contributed by atoms with E-state index < -0.39 is 0 Å². The summed E-state index contributed by atoms with van der Waals surface area (Å²) in [6, 6.07) is 11.1. The topological polar surface area (TPSA) is 0 Å². The summed E-state index contributed by atoms with van der Waals surface area (Å²) in [6.07, 6.45) is 2.78. The monoisotopic (exact) mass is 286 g/mol. The summed E-state index contributed by atoms with van der Waals surface area (Å²) in [4.78, 5) is 0. The number of hydrogen-bond donors (Lipinski definition) is 0. The highest BCUT2D eigenvalue weighted by atomic mass is 32.2. The molecule has 0 aliphatic heterocycles. The van der Waals surface area contributed by atoms with Gasteiger partial charge in [0.05, 0.1) is 0 Å². The highest BCUT2D eigenvalue weighted by Gasteiger charge is 2.09. The third-order valence-electron chi connectivity index (χ3n) is 2.54. The van der Waals surface area contributed by atoms with Crippen LogP contribution in [0, 0.1) is 0 Å². The van der Waals surface area contributed by atoms with Gasteiger partial charge in [-0.25, -0.2) is 0 Å². The maximum absolute atomic E-state index is 2.32. The lowest BCUT2D eigenvalue weighted by Gasteiger charge is -2.17. The molecule has 0 fully saturated rings. The zero-order valence-corrected chi connectivity index (χ0v) is 13.4. The van der Waals surface area contributed by atoms with Crippen LogP contribution in [0.15, 0.2) is 30.3 Å². The Bertz CT molecular complexity index is 267. The SMILES string of the molecule is CCSCCP(CCSCC)c1ccccc1. The van der Waals surface area contributed by atoms with Crippen LogP contribution in [0.4, 0.5) is 0 Å². The van der Waals surface area contributed by atoms with Gasteiger partial charge in [0.2, 0.25) is 0 Å². The zero-order valence-electron chi connectivity index (χ0n) is 10.9. The Balaban J connectivity index is 2.46. The molecule has 96 valence electrons. The molecule has 0 spiro atoms. The van der Waals surface area contributed by atoms with Crippen LogP contribution in [0.5, 0.6) is 0 Å². The second kappa shape index (κ2) is 10.3. The van der Waals surface area contributed by atoms with E-state index in [1.54, 1.807) is 5.30 Å². The first-order chi connectivity index (χ1) is 8.38. The fourth-order valence-corrected chi connectivity index (χ4v) is 6.35. The van der Waals surface area contributed by atoms with Crippen molar-refractivity contribution in [2.24, 2.45) is 0 Å². The van der Waals surface area contributed by atoms with Crippen LogP contribution in [0.2, 0.25) is 0 Å². The molecule has 0 saturated heterocycles. The lowest BCUT2D eigenvalue weighted by molar-refractivity contribution is 1.42. The van der Waals surface area contributed by atoms with Gasteiger partial charge in [0.1, 0.15) is 0 Å². The molecule has 1 rings (SSSR count). The molecule has 0 N–H and O–H groups in total. The number of rotatable bonds is 9. The van der Waals surface area contributed by atoms with E-state index in [1.807, 2.05) is 0 Å². The molecular formula is C14H23PS2. The van der Waals surface area contributed by atoms with Gasteiger partial charge in [-0.2, -0.15) is 23.5 Å². The van der Waals surface area contributed by atoms with Gasteiger partial charge < -0.3 is 0 Å². The van der Waals surface area contributed by atoms with Crippen molar-refractivity contribution in [1.29, 1.82) is 0 Å². The van der Waals surface area contributed by atoms with Crippen LogP contribution < -0.4 is 5.30 Å². The zero-order chi connectivity index (χ0) is 12.3. The van der Waals surface area contributed by atoms with Crippen LogP contribution >= 0.6 is 31.4 Å². The van der Waals surface area contributed by atoms with Gasteiger partial charge in [-0.05, 0) is 40.6 Å². The van der Waals surface area contributed by atoms with Crippen molar-refractivity contribution in [2.75, 3.05) is 35.3 Å². The Labute approximate surface area is 116 Å². The van der Waals surface area contributed by atoms with Crippen molar-refractivity contribution in [3.8, 4) is 0 Å². The van der Waals surface area contributed by atoms with E-state index in [0.29, 0.717) is 0 Å². The fourth-order valence-electron chi connectivity index (χ4n) is 1.65. The minimum Gasteiger partial charge on any atom is -0.162 e. The van der Waals surface area contributed by atoms with Gasteiger partial charge in [-0.3, -0.25) is 0 Å². The Hall–Kier alpha value is 0.350. The first-order valence-corrected chi connectivity index (χ1v) is 10.4. The molecule has 1 aromatic carbocycles. The van der Waals surface area contributed by atoms with Crippen LogP contribution in [0.25, 0.3) is 0 Å². The van der Waals surface area contributed by atoms with Crippen molar-refractivity contribution in [2.45, 2.75) is 13.8 Å². The molecule has 1 aromatic rings. The van der Waals surface area contributed by atoms with Crippen molar-refractivity contribution in [3.05, 3.63) is 30.3 Å².